The predicted molar refractivity (Wildman–Crippen MR) is 31.6 cm³/mol. The van der Waals surface area contributed by atoms with Gasteiger partial charge < -0.3 is 20.5 Å². The van der Waals surface area contributed by atoms with Gasteiger partial charge in [0.25, 0.3) is 0 Å². The van der Waals surface area contributed by atoms with Gasteiger partial charge in [-0.3, -0.25) is 0 Å². The largest absolute Gasteiger partial charge is 0.636 e. The summed E-state index contributed by atoms with van der Waals surface area (Å²) in [5.41, 5.74) is 0. The molecule has 4 nitrogen and oxygen atoms in total. The van der Waals surface area contributed by atoms with Crippen LogP contribution in [0.4, 0.5) is 0 Å². The molecule has 5 heteroatoms. The monoisotopic (exact) mass is 121 g/mol. The van der Waals surface area contributed by atoms with Crippen LogP contribution in [0, 0.1) is 0 Å². The van der Waals surface area contributed by atoms with Crippen molar-refractivity contribution >= 4 is 7.32 Å². The highest BCUT2D eigenvalue weighted by Crippen LogP contribution is 1.77. The average molecular weight is 121 g/mol. The Morgan fingerprint density at radius 3 is 2.25 bits per heavy atom. The summed E-state index contributed by atoms with van der Waals surface area (Å²) in [5.74, 6) is 0. The first-order valence-corrected chi connectivity index (χ1v) is 2.13. The average Bonchev–Trinajstić information content (AvgIpc) is 1.68. The van der Waals surface area contributed by atoms with E-state index >= 15 is 0 Å². The fraction of sp³-hybridized carbons (Fsp3) is 1.00. The lowest BCUT2D eigenvalue weighted by Gasteiger charge is -1.98. The Kier molecular flexibility index (Phi) is 9.33. The molecule has 0 aliphatic rings. The summed E-state index contributed by atoms with van der Waals surface area (Å²) in [6.45, 7) is 2.25. The van der Waals surface area contributed by atoms with Crippen LogP contribution < -0.4 is 6.15 Å². The van der Waals surface area contributed by atoms with Crippen LogP contribution in [0.2, 0.25) is 0 Å². The van der Waals surface area contributed by atoms with Gasteiger partial charge in [-0.05, 0) is 6.92 Å². The second-order valence-corrected chi connectivity index (χ2v) is 0.998. The van der Waals surface area contributed by atoms with Crippen LogP contribution in [0.25, 0.3) is 0 Å². The molecule has 0 amide bonds. The van der Waals surface area contributed by atoms with Crippen molar-refractivity contribution in [2.24, 2.45) is 0 Å². The van der Waals surface area contributed by atoms with Crippen LogP contribution in [0.15, 0.2) is 0 Å². The van der Waals surface area contributed by atoms with Crippen molar-refractivity contribution in [3.05, 3.63) is 0 Å². The lowest BCUT2D eigenvalue weighted by molar-refractivity contribution is 0.167. The molecular weight excluding hydrogens is 109 g/mol. The van der Waals surface area contributed by atoms with Crippen molar-refractivity contribution in [2.75, 3.05) is 13.7 Å². The summed E-state index contributed by atoms with van der Waals surface area (Å²) in [6, 6.07) is 0. The summed E-state index contributed by atoms with van der Waals surface area (Å²) in [7, 11) is 0.324. The molecule has 0 fully saturated rings. The molecule has 0 aromatic heterocycles. The minimum Gasteiger partial charge on any atom is -0.402 e. The highest BCUT2D eigenvalue weighted by Gasteiger charge is 2.09. The topological polar surface area (TPSA) is 73.7 Å². The third-order valence-corrected chi connectivity index (χ3v) is 0.511. The normalized spacial score (nSPS) is 7.88. The number of hydrogen-bond acceptors (Lipinski definition) is 4. The molecular formula is C3H12BNO3. The summed E-state index contributed by atoms with van der Waals surface area (Å²) in [5, 5.41) is 8.41. The minimum absolute atomic E-state index is 0. The Balaban J connectivity index is 0. The van der Waals surface area contributed by atoms with Gasteiger partial charge in [-0.1, -0.05) is 0 Å². The number of rotatable bonds is 3. The minimum atomic E-state index is -1.05. The molecule has 50 valence electrons. The second kappa shape index (κ2) is 6.90. The van der Waals surface area contributed by atoms with E-state index in [1.807, 2.05) is 0 Å². The molecule has 8 heavy (non-hydrogen) atoms. The summed E-state index contributed by atoms with van der Waals surface area (Å²) >= 11 is 0. The van der Waals surface area contributed by atoms with Crippen molar-refractivity contribution in [3.8, 4) is 0 Å². The van der Waals surface area contributed by atoms with Gasteiger partial charge in [-0.2, -0.15) is 0 Å². The van der Waals surface area contributed by atoms with Crippen LogP contribution in [0.3, 0.4) is 0 Å². The summed E-state index contributed by atoms with van der Waals surface area (Å²) < 4.78 is 8.85. The lowest BCUT2D eigenvalue weighted by Crippen LogP contribution is -2.19. The van der Waals surface area contributed by atoms with Crippen LogP contribution >= 0.6 is 0 Å². The zero-order valence-electron chi connectivity index (χ0n) is 5.26. The van der Waals surface area contributed by atoms with Gasteiger partial charge in [0.2, 0.25) is 0 Å². The number of hydrogen-bond donors (Lipinski definition) is 2. The van der Waals surface area contributed by atoms with Gasteiger partial charge in [0.1, 0.15) is 0 Å². The highest BCUT2D eigenvalue weighted by molar-refractivity contribution is 6.34. The van der Waals surface area contributed by atoms with Crippen LogP contribution in [0.5, 0.6) is 0 Å². The molecule has 0 saturated heterocycles. The SMILES string of the molecule is CCOB(O)OC.N. The predicted octanol–water partition coefficient (Wildman–Crippen LogP) is -0.191. The Labute approximate surface area is 49.6 Å². The van der Waals surface area contributed by atoms with Crippen molar-refractivity contribution in [1.82, 2.24) is 6.15 Å². The summed E-state index contributed by atoms with van der Waals surface area (Å²) in [6.07, 6.45) is 0. The molecule has 0 aliphatic heterocycles. The quantitative estimate of drug-likeness (QED) is 0.507. The third-order valence-electron chi connectivity index (χ3n) is 0.511. The molecule has 0 rings (SSSR count). The molecule has 0 radical (unpaired) electrons. The standard InChI is InChI=1S/C3H9BO3.H3N/c1-3-7-4(5)6-2;/h5H,3H2,1-2H3;1H3. The molecule has 0 atom stereocenters. The zero-order valence-corrected chi connectivity index (χ0v) is 5.26. The van der Waals surface area contributed by atoms with Gasteiger partial charge in [-0.15, -0.1) is 0 Å². The van der Waals surface area contributed by atoms with E-state index in [0.717, 1.165) is 0 Å². The highest BCUT2D eigenvalue weighted by atomic mass is 16.7. The van der Waals surface area contributed by atoms with Crippen LogP contribution in [-0.4, -0.2) is 26.1 Å². The maximum absolute atomic E-state index is 8.41. The van der Waals surface area contributed by atoms with Crippen LogP contribution in [0.1, 0.15) is 6.92 Å². The van der Waals surface area contributed by atoms with E-state index in [0.29, 0.717) is 6.61 Å². The van der Waals surface area contributed by atoms with Gasteiger partial charge in [-0.25, -0.2) is 0 Å². The van der Waals surface area contributed by atoms with Gasteiger partial charge >= 0.3 is 7.32 Å². The Bertz CT molecular complexity index is 45.5. The lowest BCUT2D eigenvalue weighted by atomic mass is 10.2. The van der Waals surface area contributed by atoms with Crippen LogP contribution in [-0.2, 0) is 9.31 Å². The maximum atomic E-state index is 8.41. The molecule has 0 heterocycles. The van der Waals surface area contributed by atoms with E-state index in [-0.39, 0.29) is 6.15 Å². The molecule has 0 spiro atoms. The Morgan fingerprint density at radius 1 is 1.62 bits per heavy atom. The second-order valence-electron chi connectivity index (χ2n) is 0.998. The van der Waals surface area contributed by atoms with E-state index in [1.54, 1.807) is 6.92 Å². The van der Waals surface area contributed by atoms with Crippen molar-refractivity contribution in [3.63, 3.8) is 0 Å². The van der Waals surface area contributed by atoms with Gasteiger partial charge in [0, 0.05) is 13.7 Å². The molecule has 0 saturated carbocycles. The first kappa shape index (κ1) is 10.8. The first-order valence-electron chi connectivity index (χ1n) is 2.13. The van der Waals surface area contributed by atoms with E-state index in [1.165, 1.54) is 7.11 Å². The first-order chi connectivity index (χ1) is 3.31. The Morgan fingerprint density at radius 2 is 2.12 bits per heavy atom. The van der Waals surface area contributed by atoms with E-state index in [2.05, 4.69) is 9.31 Å². The fourth-order valence-electron chi connectivity index (χ4n) is 0.211. The molecule has 0 unspecified atom stereocenters. The van der Waals surface area contributed by atoms with Crippen molar-refractivity contribution in [2.45, 2.75) is 6.92 Å². The fourth-order valence-corrected chi connectivity index (χ4v) is 0.211. The van der Waals surface area contributed by atoms with E-state index < -0.39 is 7.32 Å². The van der Waals surface area contributed by atoms with E-state index in [9.17, 15) is 0 Å². The molecule has 0 aromatic carbocycles. The van der Waals surface area contributed by atoms with Crippen molar-refractivity contribution < 1.29 is 14.3 Å². The molecule has 0 bridgehead atoms. The third kappa shape index (κ3) is 5.90. The van der Waals surface area contributed by atoms with Gasteiger partial charge in [0.15, 0.2) is 0 Å². The molecule has 0 aliphatic carbocycles. The molecule has 0 aromatic rings. The zero-order chi connectivity index (χ0) is 5.70. The summed E-state index contributed by atoms with van der Waals surface area (Å²) in [4.78, 5) is 0. The van der Waals surface area contributed by atoms with Gasteiger partial charge in [0.05, 0.1) is 0 Å². The maximum Gasteiger partial charge on any atom is 0.636 e. The Hall–Kier alpha value is -0.0951. The van der Waals surface area contributed by atoms with E-state index in [4.69, 9.17) is 5.02 Å². The smallest absolute Gasteiger partial charge is 0.402 e. The molecule has 4 N–H and O–H groups in total. The van der Waals surface area contributed by atoms with Crippen molar-refractivity contribution in [1.29, 1.82) is 0 Å².